The van der Waals surface area contributed by atoms with E-state index in [4.69, 9.17) is 4.74 Å². The molecule has 0 saturated heterocycles. The molecule has 0 aromatic heterocycles. The van der Waals surface area contributed by atoms with E-state index in [1.807, 2.05) is 0 Å². The molecular weight excluding hydrogens is 300 g/mol. The standard InChI is InChI=1S/C21H32O3/c1-13(22)24-19-7-6-17-16-5-4-14-12-15(23)8-10-20(14,2)18(16)9-11-21(17,19)3/h14,16-19H,4-12H2,1-3H3/t14-,16+,17+,18+,19+,20+,21+/m1/s1. The van der Waals surface area contributed by atoms with Gasteiger partial charge in [0.15, 0.2) is 0 Å². The number of ether oxygens (including phenoxy) is 1. The first-order valence-electron chi connectivity index (χ1n) is 10.0. The predicted molar refractivity (Wildman–Crippen MR) is 92.3 cm³/mol. The van der Waals surface area contributed by atoms with E-state index in [0.29, 0.717) is 23.0 Å². The Kier molecular flexibility index (Phi) is 3.85. The number of carbonyl (C=O) groups is 2. The summed E-state index contributed by atoms with van der Waals surface area (Å²) in [5.41, 5.74) is 0.554. The van der Waals surface area contributed by atoms with Gasteiger partial charge in [0, 0.05) is 25.2 Å². The average Bonchev–Trinajstić information content (AvgIpc) is 2.84. The topological polar surface area (TPSA) is 43.4 Å². The predicted octanol–water partition coefficient (Wildman–Crippen LogP) is 4.53. The van der Waals surface area contributed by atoms with Crippen LogP contribution in [-0.4, -0.2) is 17.9 Å². The number of rotatable bonds is 1. The van der Waals surface area contributed by atoms with Crippen LogP contribution in [0.1, 0.15) is 78.6 Å². The van der Waals surface area contributed by atoms with Gasteiger partial charge in [-0.15, -0.1) is 0 Å². The Hall–Kier alpha value is -0.860. The van der Waals surface area contributed by atoms with Crippen LogP contribution < -0.4 is 0 Å². The summed E-state index contributed by atoms with van der Waals surface area (Å²) < 4.78 is 5.73. The molecule has 0 bridgehead atoms. The largest absolute Gasteiger partial charge is 0.462 e. The Labute approximate surface area is 145 Å². The average molecular weight is 332 g/mol. The number of ketones is 1. The van der Waals surface area contributed by atoms with Crippen LogP contribution in [0.15, 0.2) is 0 Å². The summed E-state index contributed by atoms with van der Waals surface area (Å²) >= 11 is 0. The van der Waals surface area contributed by atoms with Crippen molar-refractivity contribution in [2.24, 2.45) is 34.5 Å². The maximum Gasteiger partial charge on any atom is 0.302 e. The highest BCUT2D eigenvalue weighted by Gasteiger charge is 2.60. The molecule has 4 aliphatic carbocycles. The van der Waals surface area contributed by atoms with Crippen molar-refractivity contribution in [3.63, 3.8) is 0 Å². The third-order valence-electron chi connectivity index (χ3n) is 8.70. The van der Waals surface area contributed by atoms with E-state index < -0.39 is 0 Å². The van der Waals surface area contributed by atoms with Crippen molar-refractivity contribution in [2.75, 3.05) is 0 Å². The monoisotopic (exact) mass is 332 g/mol. The van der Waals surface area contributed by atoms with Crippen LogP contribution in [-0.2, 0) is 14.3 Å². The molecule has 0 aliphatic heterocycles. The molecule has 7 atom stereocenters. The molecule has 0 amide bonds. The van der Waals surface area contributed by atoms with E-state index in [9.17, 15) is 9.59 Å². The minimum atomic E-state index is -0.120. The Bertz CT molecular complexity index is 555. The van der Waals surface area contributed by atoms with Crippen LogP contribution in [0.25, 0.3) is 0 Å². The number of hydrogen-bond donors (Lipinski definition) is 0. The second kappa shape index (κ2) is 5.57. The lowest BCUT2D eigenvalue weighted by Crippen LogP contribution is -2.54. The fraction of sp³-hybridized carbons (Fsp3) is 0.905. The maximum atomic E-state index is 12.0. The van der Waals surface area contributed by atoms with Gasteiger partial charge in [-0.3, -0.25) is 9.59 Å². The van der Waals surface area contributed by atoms with Gasteiger partial charge in [0.2, 0.25) is 0 Å². The zero-order valence-corrected chi connectivity index (χ0v) is 15.5. The van der Waals surface area contributed by atoms with Crippen molar-refractivity contribution in [3.8, 4) is 0 Å². The van der Waals surface area contributed by atoms with Crippen molar-refractivity contribution < 1.29 is 14.3 Å². The van der Waals surface area contributed by atoms with Crippen LogP contribution in [0.2, 0.25) is 0 Å². The fourth-order valence-corrected chi connectivity index (χ4v) is 7.39. The normalized spacial score (nSPS) is 50.6. The summed E-state index contributed by atoms with van der Waals surface area (Å²) in [5.74, 6) is 3.25. The molecule has 3 nitrogen and oxygen atoms in total. The first-order valence-corrected chi connectivity index (χ1v) is 10.0. The summed E-state index contributed by atoms with van der Waals surface area (Å²) in [6, 6.07) is 0. The zero-order valence-electron chi connectivity index (χ0n) is 15.5. The summed E-state index contributed by atoms with van der Waals surface area (Å²) in [4.78, 5) is 23.5. The SMILES string of the molecule is CC(=O)O[C@H]1CC[C@H]2[C@@H]3CC[C@@H]4CC(=O)CC[C@]4(C)[C@H]3CC[C@]12C. The van der Waals surface area contributed by atoms with Gasteiger partial charge in [0.25, 0.3) is 0 Å². The van der Waals surface area contributed by atoms with Gasteiger partial charge in [0.1, 0.15) is 11.9 Å². The molecule has 0 heterocycles. The second-order valence-electron chi connectivity index (χ2n) is 9.62. The van der Waals surface area contributed by atoms with Gasteiger partial charge in [-0.25, -0.2) is 0 Å². The van der Waals surface area contributed by atoms with Crippen molar-refractivity contribution in [3.05, 3.63) is 0 Å². The Morgan fingerprint density at radius 2 is 1.75 bits per heavy atom. The quantitative estimate of drug-likeness (QED) is 0.663. The number of esters is 1. The van der Waals surface area contributed by atoms with Crippen molar-refractivity contribution in [2.45, 2.75) is 84.7 Å². The number of Topliss-reactive ketones (excluding diaryl/α,β-unsaturated/α-hetero) is 1. The number of hydrogen-bond acceptors (Lipinski definition) is 3. The molecule has 0 radical (unpaired) electrons. The van der Waals surface area contributed by atoms with Gasteiger partial charge in [-0.1, -0.05) is 13.8 Å². The molecule has 24 heavy (non-hydrogen) atoms. The van der Waals surface area contributed by atoms with Gasteiger partial charge < -0.3 is 4.74 Å². The molecule has 4 aliphatic rings. The minimum Gasteiger partial charge on any atom is -0.462 e. The van der Waals surface area contributed by atoms with E-state index in [-0.39, 0.29) is 17.5 Å². The molecule has 0 N–H and O–H groups in total. The molecule has 0 spiro atoms. The highest BCUT2D eigenvalue weighted by atomic mass is 16.5. The lowest BCUT2D eigenvalue weighted by atomic mass is 9.45. The Balaban J connectivity index is 1.58. The third-order valence-corrected chi connectivity index (χ3v) is 8.70. The van der Waals surface area contributed by atoms with E-state index in [1.165, 1.54) is 32.1 Å². The first-order chi connectivity index (χ1) is 11.3. The van der Waals surface area contributed by atoms with E-state index >= 15 is 0 Å². The molecule has 4 rings (SSSR count). The third kappa shape index (κ3) is 2.29. The Morgan fingerprint density at radius 3 is 2.50 bits per heavy atom. The van der Waals surface area contributed by atoms with Gasteiger partial charge in [-0.2, -0.15) is 0 Å². The minimum absolute atomic E-state index is 0.120. The number of carbonyl (C=O) groups excluding carboxylic acids is 2. The van der Waals surface area contributed by atoms with Crippen molar-refractivity contribution >= 4 is 11.8 Å². The molecule has 4 fully saturated rings. The molecule has 0 aromatic rings. The van der Waals surface area contributed by atoms with Crippen LogP contribution >= 0.6 is 0 Å². The lowest BCUT2D eigenvalue weighted by molar-refractivity contribution is -0.162. The van der Waals surface area contributed by atoms with Gasteiger partial charge in [0.05, 0.1) is 0 Å². The molecular formula is C21H32O3. The molecule has 3 heteroatoms. The van der Waals surface area contributed by atoms with E-state index in [1.54, 1.807) is 6.92 Å². The van der Waals surface area contributed by atoms with Gasteiger partial charge >= 0.3 is 5.97 Å². The summed E-state index contributed by atoms with van der Waals surface area (Å²) in [5, 5.41) is 0. The Morgan fingerprint density at radius 1 is 1.00 bits per heavy atom. The molecule has 0 unspecified atom stereocenters. The molecule has 4 saturated carbocycles. The zero-order chi connectivity index (χ0) is 17.1. The van der Waals surface area contributed by atoms with Crippen LogP contribution in [0.3, 0.4) is 0 Å². The van der Waals surface area contributed by atoms with Crippen LogP contribution in [0, 0.1) is 34.5 Å². The van der Waals surface area contributed by atoms with E-state index in [0.717, 1.165) is 37.5 Å². The smallest absolute Gasteiger partial charge is 0.302 e. The van der Waals surface area contributed by atoms with E-state index in [2.05, 4.69) is 13.8 Å². The lowest BCUT2D eigenvalue weighted by Gasteiger charge is -2.60. The summed E-state index contributed by atoms with van der Waals surface area (Å²) in [6.45, 7) is 6.42. The molecule has 134 valence electrons. The summed E-state index contributed by atoms with van der Waals surface area (Å²) in [6.07, 6.45) is 10.1. The second-order valence-corrected chi connectivity index (χ2v) is 9.62. The first kappa shape index (κ1) is 16.6. The van der Waals surface area contributed by atoms with Crippen LogP contribution in [0.4, 0.5) is 0 Å². The highest BCUT2D eigenvalue weighted by molar-refractivity contribution is 5.79. The highest BCUT2D eigenvalue weighted by Crippen LogP contribution is 2.66. The fourth-order valence-electron chi connectivity index (χ4n) is 7.39. The number of fused-ring (bicyclic) bond motifs is 5. The maximum absolute atomic E-state index is 12.0. The molecule has 0 aromatic carbocycles. The van der Waals surface area contributed by atoms with Crippen LogP contribution in [0.5, 0.6) is 0 Å². The van der Waals surface area contributed by atoms with Crippen molar-refractivity contribution in [1.82, 2.24) is 0 Å². The van der Waals surface area contributed by atoms with Gasteiger partial charge in [-0.05, 0) is 74.0 Å². The summed E-state index contributed by atoms with van der Waals surface area (Å²) in [7, 11) is 0. The van der Waals surface area contributed by atoms with Crippen molar-refractivity contribution in [1.29, 1.82) is 0 Å².